The van der Waals surface area contributed by atoms with Crippen LogP contribution in [0.5, 0.6) is 0 Å². The number of hydrogen-bond acceptors (Lipinski definition) is 3. The summed E-state index contributed by atoms with van der Waals surface area (Å²) < 4.78 is 3.27. The monoisotopic (exact) mass is 352 g/mol. The molecule has 3 rings (SSSR count). The Kier molecular flexibility index (Phi) is 4.30. The van der Waals surface area contributed by atoms with Crippen molar-refractivity contribution in [2.24, 2.45) is 0 Å². The molecule has 6 heteroatoms. The molecule has 0 fully saturated rings. The van der Waals surface area contributed by atoms with E-state index in [9.17, 15) is 0 Å². The molecule has 0 unspecified atom stereocenters. The van der Waals surface area contributed by atoms with E-state index in [0.29, 0.717) is 5.95 Å². The van der Waals surface area contributed by atoms with Crippen molar-refractivity contribution in [3.8, 4) is 11.3 Å². The summed E-state index contributed by atoms with van der Waals surface area (Å²) >= 11 is 3.51. The summed E-state index contributed by atoms with van der Waals surface area (Å²) in [6.07, 6.45) is 3.80. The maximum atomic E-state index is 5.67. The lowest BCUT2D eigenvalue weighted by Gasteiger charge is -2.00. The topological polar surface area (TPSA) is 56.7 Å². The van der Waals surface area contributed by atoms with Crippen molar-refractivity contribution in [1.29, 1.82) is 0 Å². The van der Waals surface area contributed by atoms with Gasteiger partial charge in [0.15, 0.2) is 0 Å². The number of nitrogens with two attached hydrogens (primary N) is 1. The normalized spacial score (nSPS) is 10.5. The Labute approximate surface area is 131 Å². The summed E-state index contributed by atoms with van der Waals surface area (Å²) in [5.41, 5.74) is 8.79. The van der Waals surface area contributed by atoms with Crippen LogP contribution in [0.2, 0.25) is 0 Å². The lowest BCUT2D eigenvalue weighted by molar-refractivity contribution is 0.798. The molecule has 0 aliphatic rings. The standard InChI is InChI=1S/C14H13BrN4.ClH/c1-2-19-8-11(12-5-6-17-14(16)18-12)10-4-3-9(15)7-13(10)19;/h3-8H,2H2,1H3,(H2,16,17,18);1H. The van der Waals surface area contributed by atoms with Gasteiger partial charge in [0, 0.05) is 39.9 Å². The van der Waals surface area contributed by atoms with Crippen LogP contribution < -0.4 is 5.73 Å². The van der Waals surface area contributed by atoms with Crippen LogP contribution in [0, 0.1) is 0 Å². The molecule has 3 aromatic rings. The van der Waals surface area contributed by atoms with Crippen LogP contribution in [0.25, 0.3) is 22.2 Å². The fourth-order valence-electron chi connectivity index (χ4n) is 2.25. The highest BCUT2D eigenvalue weighted by Crippen LogP contribution is 2.31. The zero-order valence-electron chi connectivity index (χ0n) is 10.9. The van der Waals surface area contributed by atoms with Crippen molar-refractivity contribution in [3.05, 3.63) is 41.1 Å². The van der Waals surface area contributed by atoms with Crippen molar-refractivity contribution in [3.63, 3.8) is 0 Å². The van der Waals surface area contributed by atoms with E-state index in [2.05, 4.69) is 55.7 Å². The lowest BCUT2D eigenvalue weighted by Crippen LogP contribution is -1.94. The first-order valence-electron chi connectivity index (χ1n) is 6.06. The van der Waals surface area contributed by atoms with Crippen molar-refractivity contribution in [1.82, 2.24) is 14.5 Å². The Balaban J connectivity index is 0.00000147. The van der Waals surface area contributed by atoms with Crippen molar-refractivity contribution >= 4 is 45.2 Å². The molecule has 1 aromatic carbocycles. The largest absolute Gasteiger partial charge is 0.368 e. The molecule has 0 bridgehead atoms. The average molecular weight is 354 g/mol. The summed E-state index contributed by atoms with van der Waals surface area (Å²) in [5, 5.41) is 1.17. The number of aryl methyl sites for hydroxylation is 1. The van der Waals surface area contributed by atoms with Crippen LogP contribution in [-0.2, 0) is 6.54 Å². The molecule has 2 heterocycles. The zero-order valence-corrected chi connectivity index (χ0v) is 13.3. The number of fused-ring (bicyclic) bond motifs is 1. The minimum atomic E-state index is 0. The minimum absolute atomic E-state index is 0. The smallest absolute Gasteiger partial charge is 0.220 e. The summed E-state index contributed by atoms with van der Waals surface area (Å²) in [4.78, 5) is 8.24. The van der Waals surface area contributed by atoms with E-state index in [1.807, 2.05) is 12.1 Å². The van der Waals surface area contributed by atoms with E-state index in [4.69, 9.17) is 5.73 Å². The SMILES string of the molecule is CCn1cc(-c2ccnc(N)n2)c2ccc(Br)cc21.Cl. The Bertz CT molecular complexity index is 754. The maximum absolute atomic E-state index is 5.67. The molecule has 2 N–H and O–H groups in total. The third-order valence-electron chi connectivity index (χ3n) is 3.14. The van der Waals surface area contributed by atoms with Gasteiger partial charge in [-0.05, 0) is 25.1 Å². The number of nitrogen functional groups attached to an aromatic ring is 1. The Morgan fingerprint density at radius 3 is 2.80 bits per heavy atom. The summed E-state index contributed by atoms with van der Waals surface area (Å²) in [6, 6.07) is 8.13. The zero-order chi connectivity index (χ0) is 13.4. The highest BCUT2D eigenvalue weighted by Gasteiger charge is 2.11. The molecule has 0 saturated heterocycles. The van der Waals surface area contributed by atoms with Crippen molar-refractivity contribution < 1.29 is 0 Å². The lowest BCUT2D eigenvalue weighted by atomic mass is 10.1. The minimum Gasteiger partial charge on any atom is -0.368 e. The molecule has 0 spiro atoms. The van der Waals surface area contributed by atoms with Gasteiger partial charge in [-0.1, -0.05) is 22.0 Å². The molecule has 0 aliphatic heterocycles. The molecule has 0 amide bonds. The van der Waals surface area contributed by atoms with Crippen LogP contribution in [0.3, 0.4) is 0 Å². The van der Waals surface area contributed by atoms with Gasteiger partial charge in [0.05, 0.1) is 5.69 Å². The predicted octanol–water partition coefficient (Wildman–Crippen LogP) is 3.88. The van der Waals surface area contributed by atoms with Gasteiger partial charge in [-0.2, -0.15) is 0 Å². The number of benzene rings is 1. The van der Waals surface area contributed by atoms with Crippen LogP contribution in [0.1, 0.15) is 6.92 Å². The molecule has 0 atom stereocenters. The van der Waals surface area contributed by atoms with Gasteiger partial charge in [-0.15, -0.1) is 12.4 Å². The summed E-state index contributed by atoms with van der Waals surface area (Å²) in [5.74, 6) is 0.298. The molecule has 0 aliphatic carbocycles. The van der Waals surface area contributed by atoms with E-state index in [0.717, 1.165) is 22.3 Å². The first kappa shape index (κ1) is 14.8. The number of rotatable bonds is 2. The number of hydrogen-bond donors (Lipinski definition) is 1. The van der Waals surface area contributed by atoms with Crippen molar-refractivity contribution in [2.45, 2.75) is 13.5 Å². The quantitative estimate of drug-likeness (QED) is 0.760. The molecule has 104 valence electrons. The van der Waals surface area contributed by atoms with Gasteiger partial charge in [0.25, 0.3) is 0 Å². The van der Waals surface area contributed by atoms with Gasteiger partial charge < -0.3 is 10.3 Å². The van der Waals surface area contributed by atoms with Gasteiger partial charge in [0.1, 0.15) is 0 Å². The van der Waals surface area contributed by atoms with E-state index >= 15 is 0 Å². The fraction of sp³-hybridized carbons (Fsp3) is 0.143. The molecule has 20 heavy (non-hydrogen) atoms. The molecular formula is C14H14BrClN4. The van der Waals surface area contributed by atoms with Gasteiger partial charge in [-0.3, -0.25) is 0 Å². The van der Waals surface area contributed by atoms with Gasteiger partial charge in [-0.25, -0.2) is 9.97 Å². The molecular weight excluding hydrogens is 340 g/mol. The van der Waals surface area contributed by atoms with Gasteiger partial charge in [0.2, 0.25) is 5.95 Å². The van der Waals surface area contributed by atoms with Gasteiger partial charge >= 0.3 is 0 Å². The maximum Gasteiger partial charge on any atom is 0.220 e. The Morgan fingerprint density at radius 1 is 1.30 bits per heavy atom. The Morgan fingerprint density at radius 2 is 2.10 bits per heavy atom. The molecule has 0 radical (unpaired) electrons. The van der Waals surface area contributed by atoms with Crippen LogP contribution in [0.4, 0.5) is 5.95 Å². The number of aromatic nitrogens is 3. The third kappa shape index (κ3) is 2.51. The first-order valence-corrected chi connectivity index (χ1v) is 6.85. The second-order valence-corrected chi connectivity index (χ2v) is 5.21. The third-order valence-corrected chi connectivity index (χ3v) is 3.63. The summed E-state index contributed by atoms with van der Waals surface area (Å²) in [7, 11) is 0. The molecule has 4 nitrogen and oxygen atoms in total. The number of nitrogens with zero attached hydrogens (tertiary/aromatic N) is 3. The number of halogens is 2. The second kappa shape index (κ2) is 5.81. The Hall–Kier alpha value is -1.59. The average Bonchev–Trinajstić information content (AvgIpc) is 2.76. The first-order chi connectivity index (χ1) is 9.19. The van der Waals surface area contributed by atoms with E-state index in [1.165, 1.54) is 10.9 Å². The van der Waals surface area contributed by atoms with Crippen LogP contribution in [0.15, 0.2) is 41.1 Å². The fourth-order valence-corrected chi connectivity index (χ4v) is 2.60. The predicted molar refractivity (Wildman–Crippen MR) is 88.0 cm³/mol. The van der Waals surface area contributed by atoms with E-state index < -0.39 is 0 Å². The molecule has 0 saturated carbocycles. The number of anilines is 1. The van der Waals surface area contributed by atoms with Crippen LogP contribution >= 0.6 is 28.3 Å². The van der Waals surface area contributed by atoms with E-state index in [-0.39, 0.29) is 12.4 Å². The van der Waals surface area contributed by atoms with Crippen molar-refractivity contribution in [2.75, 3.05) is 5.73 Å². The highest BCUT2D eigenvalue weighted by molar-refractivity contribution is 9.10. The summed E-state index contributed by atoms with van der Waals surface area (Å²) in [6.45, 7) is 3.03. The second-order valence-electron chi connectivity index (χ2n) is 4.29. The van der Waals surface area contributed by atoms with E-state index in [1.54, 1.807) is 6.20 Å². The molecule has 2 aromatic heterocycles. The highest BCUT2D eigenvalue weighted by atomic mass is 79.9. The van der Waals surface area contributed by atoms with Crippen LogP contribution in [-0.4, -0.2) is 14.5 Å².